The lowest BCUT2D eigenvalue weighted by Crippen LogP contribution is -2.25. The Morgan fingerprint density at radius 3 is 2.44 bits per heavy atom. The van der Waals surface area contributed by atoms with E-state index in [4.69, 9.17) is 5.26 Å². The summed E-state index contributed by atoms with van der Waals surface area (Å²) < 4.78 is 0. The van der Waals surface area contributed by atoms with Gasteiger partial charge in [-0.2, -0.15) is 5.26 Å². The van der Waals surface area contributed by atoms with Crippen molar-refractivity contribution in [2.75, 3.05) is 6.54 Å². The SMILES string of the molecule is CCC(NCC(C)C#N)c1ccc(C)cc1. The van der Waals surface area contributed by atoms with Gasteiger partial charge in [0.2, 0.25) is 0 Å². The maximum absolute atomic E-state index is 8.74. The van der Waals surface area contributed by atoms with Crippen LogP contribution in [0.5, 0.6) is 0 Å². The maximum Gasteiger partial charge on any atom is 0.0666 e. The second-order valence-corrected chi connectivity index (χ2v) is 4.31. The molecular formula is C14H20N2. The molecule has 2 nitrogen and oxygen atoms in total. The Balaban J connectivity index is 2.61. The van der Waals surface area contributed by atoms with Gasteiger partial charge in [0, 0.05) is 12.6 Å². The van der Waals surface area contributed by atoms with E-state index < -0.39 is 0 Å². The first kappa shape index (κ1) is 12.7. The van der Waals surface area contributed by atoms with Crippen LogP contribution in [-0.4, -0.2) is 6.54 Å². The van der Waals surface area contributed by atoms with Gasteiger partial charge in [-0.15, -0.1) is 0 Å². The van der Waals surface area contributed by atoms with Gasteiger partial charge < -0.3 is 5.32 Å². The summed E-state index contributed by atoms with van der Waals surface area (Å²) in [6.07, 6.45) is 1.04. The van der Waals surface area contributed by atoms with Gasteiger partial charge in [0.1, 0.15) is 0 Å². The molecule has 0 spiro atoms. The lowest BCUT2D eigenvalue weighted by molar-refractivity contribution is 0.488. The van der Waals surface area contributed by atoms with Crippen LogP contribution in [0, 0.1) is 24.2 Å². The number of hydrogen-bond acceptors (Lipinski definition) is 2. The van der Waals surface area contributed by atoms with E-state index in [1.807, 2.05) is 6.92 Å². The van der Waals surface area contributed by atoms with Crippen molar-refractivity contribution in [3.05, 3.63) is 35.4 Å². The Morgan fingerprint density at radius 1 is 1.31 bits per heavy atom. The number of nitriles is 1. The van der Waals surface area contributed by atoms with E-state index in [9.17, 15) is 0 Å². The average Bonchev–Trinajstić information content (AvgIpc) is 2.31. The average molecular weight is 216 g/mol. The minimum Gasteiger partial charge on any atom is -0.309 e. The minimum absolute atomic E-state index is 0.0690. The zero-order chi connectivity index (χ0) is 12.0. The Hall–Kier alpha value is -1.33. The molecule has 0 fully saturated rings. The molecule has 2 heteroatoms. The molecule has 1 aromatic rings. The van der Waals surface area contributed by atoms with E-state index in [0.29, 0.717) is 6.04 Å². The molecule has 2 unspecified atom stereocenters. The summed E-state index contributed by atoms with van der Waals surface area (Å²) in [5.41, 5.74) is 2.59. The summed E-state index contributed by atoms with van der Waals surface area (Å²) in [7, 11) is 0. The number of nitrogens with one attached hydrogen (secondary N) is 1. The summed E-state index contributed by atoms with van der Waals surface area (Å²) in [6.45, 7) is 6.95. The first-order chi connectivity index (χ1) is 7.67. The van der Waals surface area contributed by atoms with Gasteiger partial charge in [-0.25, -0.2) is 0 Å². The van der Waals surface area contributed by atoms with E-state index in [0.717, 1.165) is 13.0 Å². The Bertz CT molecular complexity index is 348. The molecule has 86 valence electrons. The predicted molar refractivity (Wildman–Crippen MR) is 67.0 cm³/mol. The van der Waals surface area contributed by atoms with Crippen molar-refractivity contribution in [3.8, 4) is 6.07 Å². The number of benzene rings is 1. The van der Waals surface area contributed by atoms with Crippen molar-refractivity contribution >= 4 is 0 Å². The van der Waals surface area contributed by atoms with Crippen molar-refractivity contribution in [3.63, 3.8) is 0 Å². The van der Waals surface area contributed by atoms with Crippen LogP contribution in [-0.2, 0) is 0 Å². The third kappa shape index (κ3) is 3.67. The Kier molecular flexibility index (Phi) is 5.01. The molecule has 0 saturated heterocycles. The molecular weight excluding hydrogens is 196 g/mol. The fourth-order valence-corrected chi connectivity index (χ4v) is 1.66. The van der Waals surface area contributed by atoms with Gasteiger partial charge >= 0.3 is 0 Å². The molecule has 1 N–H and O–H groups in total. The smallest absolute Gasteiger partial charge is 0.0666 e. The van der Waals surface area contributed by atoms with Crippen LogP contribution < -0.4 is 5.32 Å². The van der Waals surface area contributed by atoms with Gasteiger partial charge in [-0.1, -0.05) is 36.8 Å². The Labute approximate surface area is 98.3 Å². The fraction of sp³-hybridized carbons (Fsp3) is 0.500. The van der Waals surface area contributed by atoms with Gasteiger partial charge in [0.05, 0.1) is 12.0 Å². The molecule has 0 amide bonds. The Morgan fingerprint density at radius 2 is 1.94 bits per heavy atom. The fourth-order valence-electron chi connectivity index (χ4n) is 1.66. The number of rotatable bonds is 5. The van der Waals surface area contributed by atoms with E-state index in [2.05, 4.69) is 49.5 Å². The quantitative estimate of drug-likeness (QED) is 0.820. The van der Waals surface area contributed by atoms with Crippen molar-refractivity contribution in [2.45, 2.75) is 33.2 Å². The second kappa shape index (κ2) is 6.30. The number of hydrogen-bond donors (Lipinski definition) is 1. The first-order valence-electron chi connectivity index (χ1n) is 5.87. The zero-order valence-corrected chi connectivity index (χ0v) is 10.3. The highest BCUT2D eigenvalue weighted by Gasteiger charge is 2.09. The summed E-state index contributed by atoms with van der Waals surface area (Å²) in [5, 5.41) is 12.2. The molecule has 0 bridgehead atoms. The van der Waals surface area contributed by atoms with Crippen molar-refractivity contribution in [1.82, 2.24) is 5.32 Å². The maximum atomic E-state index is 8.74. The third-order valence-corrected chi connectivity index (χ3v) is 2.78. The monoisotopic (exact) mass is 216 g/mol. The molecule has 1 rings (SSSR count). The van der Waals surface area contributed by atoms with Gasteiger partial charge in [0.25, 0.3) is 0 Å². The van der Waals surface area contributed by atoms with Gasteiger partial charge in [-0.05, 0) is 25.8 Å². The van der Waals surface area contributed by atoms with Crippen LogP contribution in [0.2, 0.25) is 0 Å². The molecule has 16 heavy (non-hydrogen) atoms. The third-order valence-electron chi connectivity index (χ3n) is 2.78. The highest BCUT2D eigenvalue weighted by atomic mass is 14.9. The normalized spacial score (nSPS) is 14.1. The zero-order valence-electron chi connectivity index (χ0n) is 10.3. The first-order valence-corrected chi connectivity index (χ1v) is 5.87. The molecule has 0 aromatic heterocycles. The molecule has 2 atom stereocenters. The lowest BCUT2D eigenvalue weighted by atomic mass is 10.0. The minimum atomic E-state index is 0.0690. The summed E-state index contributed by atoms with van der Waals surface area (Å²) in [4.78, 5) is 0. The van der Waals surface area contributed by atoms with Gasteiger partial charge in [-0.3, -0.25) is 0 Å². The molecule has 0 aliphatic carbocycles. The largest absolute Gasteiger partial charge is 0.309 e. The van der Waals surface area contributed by atoms with Crippen LogP contribution in [0.1, 0.15) is 37.4 Å². The van der Waals surface area contributed by atoms with E-state index in [1.54, 1.807) is 0 Å². The topological polar surface area (TPSA) is 35.8 Å². The highest BCUT2D eigenvalue weighted by Crippen LogP contribution is 2.17. The van der Waals surface area contributed by atoms with Crippen LogP contribution in [0.25, 0.3) is 0 Å². The summed E-state index contributed by atoms with van der Waals surface area (Å²) in [6, 6.07) is 11.2. The van der Waals surface area contributed by atoms with Crippen molar-refractivity contribution in [2.24, 2.45) is 5.92 Å². The van der Waals surface area contributed by atoms with Crippen LogP contribution in [0.15, 0.2) is 24.3 Å². The molecule has 0 aliphatic rings. The lowest BCUT2D eigenvalue weighted by Gasteiger charge is -2.18. The van der Waals surface area contributed by atoms with Crippen LogP contribution in [0.4, 0.5) is 0 Å². The van der Waals surface area contributed by atoms with Crippen molar-refractivity contribution in [1.29, 1.82) is 5.26 Å². The van der Waals surface area contributed by atoms with Crippen LogP contribution >= 0.6 is 0 Å². The van der Waals surface area contributed by atoms with E-state index in [1.165, 1.54) is 11.1 Å². The highest BCUT2D eigenvalue weighted by molar-refractivity contribution is 5.24. The summed E-state index contributed by atoms with van der Waals surface area (Å²) in [5.74, 6) is 0.0690. The standard InChI is InChI=1S/C14H20N2/c1-4-14(16-10-12(3)9-15)13-7-5-11(2)6-8-13/h5-8,12,14,16H,4,10H2,1-3H3. The predicted octanol–water partition coefficient (Wildman–Crippen LogP) is 3.20. The van der Waals surface area contributed by atoms with Crippen LogP contribution in [0.3, 0.4) is 0 Å². The van der Waals surface area contributed by atoms with E-state index in [-0.39, 0.29) is 5.92 Å². The van der Waals surface area contributed by atoms with Crippen molar-refractivity contribution < 1.29 is 0 Å². The number of aryl methyl sites for hydroxylation is 1. The molecule has 0 saturated carbocycles. The van der Waals surface area contributed by atoms with E-state index >= 15 is 0 Å². The second-order valence-electron chi connectivity index (χ2n) is 4.31. The summed E-state index contributed by atoms with van der Waals surface area (Å²) >= 11 is 0. The molecule has 0 radical (unpaired) electrons. The molecule has 0 heterocycles. The van der Waals surface area contributed by atoms with Gasteiger partial charge in [0.15, 0.2) is 0 Å². The molecule has 1 aromatic carbocycles. The molecule has 0 aliphatic heterocycles. The number of nitrogens with zero attached hydrogens (tertiary/aromatic N) is 1.